The summed E-state index contributed by atoms with van der Waals surface area (Å²) in [6.45, 7) is 8.20. The SMILES string of the molecule is CC(C)OC1(OC(C)C)C=CCCC1. The predicted octanol–water partition coefficient (Wildman–Crippen LogP) is 3.27. The molecule has 14 heavy (non-hydrogen) atoms. The largest absolute Gasteiger partial charge is 0.344 e. The molecule has 0 bridgehead atoms. The van der Waals surface area contributed by atoms with Crippen LogP contribution in [-0.4, -0.2) is 18.0 Å². The van der Waals surface area contributed by atoms with E-state index in [9.17, 15) is 0 Å². The first-order valence-corrected chi connectivity index (χ1v) is 5.57. The van der Waals surface area contributed by atoms with Crippen molar-refractivity contribution in [3.8, 4) is 0 Å². The lowest BCUT2D eigenvalue weighted by molar-refractivity contribution is -0.243. The van der Waals surface area contributed by atoms with Crippen LogP contribution in [0.4, 0.5) is 0 Å². The molecule has 0 spiro atoms. The van der Waals surface area contributed by atoms with Crippen molar-refractivity contribution in [2.45, 2.75) is 65.0 Å². The number of hydrogen-bond acceptors (Lipinski definition) is 2. The summed E-state index contributed by atoms with van der Waals surface area (Å²) in [5, 5.41) is 0. The Hall–Kier alpha value is -0.340. The van der Waals surface area contributed by atoms with Crippen LogP contribution in [-0.2, 0) is 9.47 Å². The van der Waals surface area contributed by atoms with E-state index in [2.05, 4.69) is 12.2 Å². The van der Waals surface area contributed by atoms with Crippen molar-refractivity contribution in [3.63, 3.8) is 0 Å². The minimum atomic E-state index is -0.458. The Kier molecular flexibility index (Phi) is 4.14. The van der Waals surface area contributed by atoms with Crippen molar-refractivity contribution in [2.75, 3.05) is 0 Å². The van der Waals surface area contributed by atoms with Crippen molar-refractivity contribution in [2.24, 2.45) is 0 Å². The number of allylic oxidation sites excluding steroid dienone is 1. The Bertz CT molecular complexity index is 184. The maximum Gasteiger partial charge on any atom is 0.188 e. The Morgan fingerprint density at radius 1 is 1.07 bits per heavy atom. The van der Waals surface area contributed by atoms with Gasteiger partial charge in [-0.25, -0.2) is 0 Å². The zero-order valence-corrected chi connectivity index (χ0v) is 9.75. The van der Waals surface area contributed by atoms with Crippen LogP contribution in [0.5, 0.6) is 0 Å². The van der Waals surface area contributed by atoms with Gasteiger partial charge in [-0.15, -0.1) is 0 Å². The van der Waals surface area contributed by atoms with Crippen LogP contribution >= 0.6 is 0 Å². The van der Waals surface area contributed by atoms with E-state index >= 15 is 0 Å². The Morgan fingerprint density at radius 2 is 1.64 bits per heavy atom. The number of rotatable bonds is 4. The molecule has 0 aromatic heterocycles. The van der Waals surface area contributed by atoms with Crippen molar-refractivity contribution >= 4 is 0 Å². The molecule has 0 fully saturated rings. The van der Waals surface area contributed by atoms with E-state index in [0.717, 1.165) is 19.3 Å². The molecule has 82 valence electrons. The minimum Gasteiger partial charge on any atom is -0.344 e. The summed E-state index contributed by atoms with van der Waals surface area (Å²) < 4.78 is 11.8. The first-order valence-electron chi connectivity index (χ1n) is 5.57. The molecule has 0 aromatic carbocycles. The van der Waals surface area contributed by atoms with Crippen LogP contribution in [0.15, 0.2) is 12.2 Å². The summed E-state index contributed by atoms with van der Waals surface area (Å²) in [6, 6.07) is 0. The molecule has 0 aliphatic heterocycles. The molecule has 2 heteroatoms. The van der Waals surface area contributed by atoms with Gasteiger partial charge in [-0.05, 0) is 46.6 Å². The fourth-order valence-electron chi connectivity index (χ4n) is 1.83. The molecule has 0 radical (unpaired) electrons. The molecule has 0 heterocycles. The molecule has 0 saturated heterocycles. The van der Waals surface area contributed by atoms with E-state index in [0.29, 0.717) is 0 Å². The molecule has 0 aromatic rings. The maximum absolute atomic E-state index is 5.88. The molecule has 0 amide bonds. The van der Waals surface area contributed by atoms with Gasteiger partial charge >= 0.3 is 0 Å². The zero-order chi connectivity index (χ0) is 10.6. The molecule has 2 nitrogen and oxygen atoms in total. The van der Waals surface area contributed by atoms with Crippen LogP contribution in [0, 0.1) is 0 Å². The lowest BCUT2D eigenvalue weighted by Crippen LogP contribution is -2.39. The topological polar surface area (TPSA) is 18.5 Å². The average Bonchev–Trinajstić information content (AvgIpc) is 2.01. The van der Waals surface area contributed by atoms with Gasteiger partial charge in [0.15, 0.2) is 5.79 Å². The summed E-state index contributed by atoms with van der Waals surface area (Å²) in [7, 11) is 0. The van der Waals surface area contributed by atoms with Crippen molar-refractivity contribution in [1.29, 1.82) is 0 Å². The third-order valence-corrected chi connectivity index (χ3v) is 2.14. The first kappa shape index (κ1) is 11.7. The molecule has 0 unspecified atom stereocenters. The van der Waals surface area contributed by atoms with Crippen LogP contribution in [0.2, 0.25) is 0 Å². The second-order valence-electron chi connectivity index (χ2n) is 4.44. The maximum atomic E-state index is 5.88. The van der Waals surface area contributed by atoms with Gasteiger partial charge < -0.3 is 9.47 Å². The summed E-state index contributed by atoms with van der Waals surface area (Å²) in [5.41, 5.74) is 0. The van der Waals surface area contributed by atoms with E-state index in [1.165, 1.54) is 0 Å². The highest BCUT2D eigenvalue weighted by Gasteiger charge is 2.32. The number of ether oxygens (including phenoxy) is 2. The highest BCUT2D eigenvalue weighted by Crippen LogP contribution is 2.29. The minimum absolute atomic E-state index is 0.205. The van der Waals surface area contributed by atoms with Gasteiger partial charge in [0, 0.05) is 6.42 Å². The van der Waals surface area contributed by atoms with Crippen molar-refractivity contribution < 1.29 is 9.47 Å². The standard InChI is InChI=1S/C12H22O2/c1-10(2)13-12(14-11(3)4)8-6-5-7-9-12/h6,8,10-11H,5,7,9H2,1-4H3. The molecular formula is C12H22O2. The Labute approximate surface area is 87.3 Å². The van der Waals surface area contributed by atoms with E-state index in [1.54, 1.807) is 0 Å². The average molecular weight is 198 g/mol. The second-order valence-corrected chi connectivity index (χ2v) is 4.44. The van der Waals surface area contributed by atoms with Gasteiger partial charge in [-0.3, -0.25) is 0 Å². The Morgan fingerprint density at radius 3 is 2.00 bits per heavy atom. The predicted molar refractivity (Wildman–Crippen MR) is 58.2 cm³/mol. The normalized spacial score (nSPS) is 20.7. The van der Waals surface area contributed by atoms with Crippen LogP contribution in [0.1, 0.15) is 47.0 Å². The molecular weight excluding hydrogens is 176 g/mol. The summed E-state index contributed by atoms with van der Waals surface area (Å²) in [5.74, 6) is -0.458. The zero-order valence-electron chi connectivity index (χ0n) is 9.75. The van der Waals surface area contributed by atoms with Gasteiger partial charge in [0.25, 0.3) is 0 Å². The van der Waals surface area contributed by atoms with Crippen molar-refractivity contribution in [1.82, 2.24) is 0 Å². The Balaban J connectivity index is 2.67. The summed E-state index contributed by atoms with van der Waals surface area (Å²) in [6.07, 6.45) is 7.92. The highest BCUT2D eigenvalue weighted by molar-refractivity contribution is 5.01. The fraction of sp³-hybridized carbons (Fsp3) is 0.833. The fourth-order valence-corrected chi connectivity index (χ4v) is 1.83. The van der Waals surface area contributed by atoms with Crippen LogP contribution < -0.4 is 0 Å². The highest BCUT2D eigenvalue weighted by atomic mass is 16.7. The monoisotopic (exact) mass is 198 g/mol. The lowest BCUT2D eigenvalue weighted by atomic mass is 10.0. The van der Waals surface area contributed by atoms with E-state index in [-0.39, 0.29) is 12.2 Å². The third kappa shape index (κ3) is 3.43. The van der Waals surface area contributed by atoms with Crippen LogP contribution in [0.25, 0.3) is 0 Å². The number of hydrogen-bond donors (Lipinski definition) is 0. The third-order valence-electron chi connectivity index (χ3n) is 2.14. The van der Waals surface area contributed by atoms with E-state index in [1.807, 2.05) is 27.7 Å². The van der Waals surface area contributed by atoms with Gasteiger partial charge in [0.1, 0.15) is 0 Å². The summed E-state index contributed by atoms with van der Waals surface area (Å²) >= 11 is 0. The van der Waals surface area contributed by atoms with Crippen LogP contribution in [0.3, 0.4) is 0 Å². The molecule has 1 aliphatic carbocycles. The first-order chi connectivity index (χ1) is 6.54. The molecule has 0 N–H and O–H groups in total. The van der Waals surface area contributed by atoms with Gasteiger partial charge in [0.2, 0.25) is 0 Å². The van der Waals surface area contributed by atoms with Gasteiger partial charge in [-0.2, -0.15) is 0 Å². The molecule has 1 aliphatic rings. The molecule has 0 saturated carbocycles. The van der Waals surface area contributed by atoms with Crippen molar-refractivity contribution in [3.05, 3.63) is 12.2 Å². The second kappa shape index (κ2) is 4.94. The lowest BCUT2D eigenvalue weighted by Gasteiger charge is -2.36. The quantitative estimate of drug-likeness (QED) is 0.510. The smallest absolute Gasteiger partial charge is 0.188 e. The molecule has 0 atom stereocenters. The van der Waals surface area contributed by atoms with Gasteiger partial charge in [0.05, 0.1) is 12.2 Å². The summed E-state index contributed by atoms with van der Waals surface area (Å²) in [4.78, 5) is 0. The van der Waals surface area contributed by atoms with E-state index < -0.39 is 5.79 Å². The van der Waals surface area contributed by atoms with E-state index in [4.69, 9.17) is 9.47 Å². The molecule has 1 rings (SSSR count). The van der Waals surface area contributed by atoms with Gasteiger partial charge in [-0.1, -0.05) is 6.08 Å².